The lowest BCUT2D eigenvalue weighted by Crippen LogP contribution is -2.22. The molecule has 0 radical (unpaired) electrons. The summed E-state index contributed by atoms with van der Waals surface area (Å²) in [5.41, 5.74) is 0. The monoisotopic (exact) mass is 474 g/mol. The van der Waals surface area contributed by atoms with Crippen LogP contribution in [0.2, 0.25) is 0 Å². The second-order valence-electron chi connectivity index (χ2n) is 8.14. The highest BCUT2D eigenvalue weighted by atomic mass is 16.5. The van der Waals surface area contributed by atoms with Gasteiger partial charge in [-0.1, -0.05) is 70.4 Å². The van der Waals surface area contributed by atoms with Crippen molar-refractivity contribution in [3.63, 3.8) is 0 Å². The maximum absolute atomic E-state index is 10.7. The lowest BCUT2D eigenvalue weighted by Gasteiger charge is -2.07. The third-order valence-electron chi connectivity index (χ3n) is 4.84. The molecule has 1 atom stereocenters. The fraction of sp³-hybridized carbons (Fsp3) is 0.800. The minimum absolute atomic E-state index is 0.229. The maximum atomic E-state index is 10.7. The van der Waals surface area contributed by atoms with E-state index in [1.54, 1.807) is 0 Å². The Bertz CT molecular complexity index is 505. The van der Waals surface area contributed by atoms with Crippen molar-refractivity contribution in [2.45, 2.75) is 116 Å². The summed E-state index contributed by atoms with van der Waals surface area (Å²) in [6.07, 6.45) is 19.6. The summed E-state index contributed by atoms with van der Waals surface area (Å²) in [6, 6.07) is 0. The van der Waals surface area contributed by atoms with Crippen LogP contribution in [0.1, 0.15) is 110 Å². The van der Waals surface area contributed by atoms with Gasteiger partial charge in [-0.3, -0.25) is 14.4 Å². The van der Waals surface area contributed by atoms with Gasteiger partial charge in [-0.05, 0) is 32.1 Å². The molecule has 0 aromatic rings. The molecule has 0 bridgehead atoms. The van der Waals surface area contributed by atoms with Gasteiger partial charge < -0.3 is 25.2 Å². The largest absolute Gasteiger partial charge is 0.481 e. The van der Waals surface area contributed by atoms with Gasteiger partial charge >= 0.3 is 17.9 Å². The van der Waals surface area contributed by atoms with Crippen LogP contribution in [0.25, 0.3) is 0 Å². The van der Waals surface area contributed by atoms with Crippen LogP contribution in [0.5, 0.6) is 0 Å². The normalized spacial score (nSPS) is 11.6. The van der Waals surface area contributed by atoms with Crippen molar-refractivity contribution in [1.29, 1.82) is 0 Å². The Hall–Kier alpha value is -1.93. The lowest BCUT2D eigenvalue weighted by atomic mass is 10.1. The standard InChI is InChI=1S/C18H34O2.C7H12O6/c1-2-3-4-5-6-7-8-9-10-11-12-13-14-15-16-17-18(19)20;8-3-5(9)4-13-7(12)2-1-6(10)11/h9-10H,2-8,11-17H2,1H3,(H,19,20);5,8-9H,1-4H2,(H,10,11)/b10-9-;. The molecule has 0 aromatic heterocycles. The molecule has 0 aliphatic rings. The Morgan fingerprint density at radius 2 is 1.21 bits per heavy atom. The zero-order valence-electron chi connectivity index (χ0n) is 20.4. The number of allylic oxidation sites excluding steroid dienone is 2. The van der Waals surface area contributed by atoms with Crippen molar-refractivity contribution in [2.24, 2.45) is 0 Å². The lowest BCUT2D eigenvalue weighted by molar-refractivity contribution is -0.150. The Labute approximate surface area is 199 Å². The van der Waals surface area contributed by atoms with Crippen LogP contribution in [0.4, 0.5) is 0 Å². The fourth-order valence-electron chi connectivity index (χ4n) is 2.87. The number of rotatable bonds is 21. The molecule has 4 N–H and O–H groups in total. The number of carbonyl (C=O) groups is 3. The Balaban J connectivity index is 0. The summed E-state index contributed by atoms with van der Waals surface area (Å²) in [5.74, 6) is -2.45. The first-order chi connectivity index (χ1) is 15.8. The van der Waals surface area contributed by atoms with E-state index in [4.69, 9.17) is 20.4 Å². The number of carboxylic acids is 2. The van der Waals surface area contributed by atoms with Crippen LogP contribution in [0, 0.1) is 0 Å². The van der Waals surface area contributed by atoms with Crippen molar-refractivity contribution in [2.75, 3.05) is 13.2 Å². The predicted molar refractivity (Wildman–Crippen MR) is 128 cm³/mol. The maximum Gasteiger partial charge on any atom is 0.306 e. The highest BCUT2D eigenvalue weighted by Gasteiger charge is 2.09. The SMILES string of the molecule is CCCCCCCC/C=C\CCCCCCCC(=O)O.O=C(O)CCC(=O)OCC(O)CO. The smallest absolute Gasteiger partial charge is 0.306 e. The number of esters is 1. The Kier molecular flexibility index (Phi) is 26.5. The molecule has 8 heteroatoms. The number of ether oxygens (including phenoxy) is 1. The van der Waals surface area contributed by atoms with Crippen LogP contribution in [0.3, 0.4) is 0 Å². The van der Waals surface area contributed by atoms with E-state index in [1.807, 2.05) is 0 Å². The summed E-state index contributed by atoms with van der Waals surface area (Å²) in [6.45, 7) is 1.45. The quantitative estimate of drug-likeness (QED) is 0.105. The van der Waals surface area contributed by atoms with Crippen molar-refractivity contribution in [3.05, 3.63) is 12.2 Å². The molecule has 194 valence electrons. The van der Waals surface area contributed by atoms with Crippen molar-refractivity contribution in [3.8, 4) is 0 Å². The number of carboxylic acid groups (broad SMARTS) is 2. The highest BCUT2D eigenvalue weighted by molar-refractivity contribution is 5.76. The van der Waals surface area contributed by atoms with Gasteiger partial charge in [-0.15, -0.1) is 0 Å². The van der Waals surface area contributed by atoms with Crippen LogP contribution >= 0.6 is 0 Å². The molecule has 0 spiro atoms. The van der Waals surface area contributed by atoms with Crippen molar-refractivity contribution < 1.29 is 39.5 Å². The zero-order chi connectivity index (χ0) is 25.2. The molecule has 0 amide bonds. The number of unbranched alkanes of at least 4 members (excludes halogenated alkanes) is 11. The van der Waals surface area contributed by atoms with Gasteiger partial charge in [0.15, 0.2) is 0 Å². The van der Waals surface area contributed by atoms with E-state index in [-0.39, 0.29) is 19.4 Å². The number of aliphatic carboxylic acids is 2. The van der Waals surface area contributed by atoms with E-state index in [0.717, 1.165) is 12.8 Å². The van der Waals surface area contributed by atoms with E-state index >= 15 is 0 Å². The molecule has 1 unspecified atom stereocenters. The van der Waals surface area contributed by atoms with E-state index in [2.05, 4.69) is 23.8 Å². The first-order valence-corrected chi connectivity index (χ1v) is 12.4. The average Bonchev–Trinajstić information content (AvgIpc) is 2.78. The first-order valence-electron chi connectivity index (χ1n) is 12.4. The molecule has 8 nitrogen and oxygen atoms in total. The zero-order valence-corrected chi connectivity index (χ0v) is 20.4. The van der Waals surface area contributed by atoms with Gasteiger partial charge in [-0.2, -0.15) is 0 Å². The summed E-state index contributed by atoms with van der Waals surface area (Å²) < 4.78 is 4.43. The Morgan fingerprint density at radius 3 is 1.70 bits per heavy atom. The van der Waals surface area contributed by atoms with Gasteiger partial charge in [0.25, 0.3) is 0 Å². The molecule has 0 rings (SSSR count). The molecule has 0 aliphatic carbocycles. The second kappa shape index (κ2) is 26.3. The van der Waals surface area contributed by atoms with E-state index in [0.29, 0.717) is 6.42 Å². The summed E-state index contributed by atoms with van der Waals surface area (Å²) in [5, 5.41) is 33.8. The highest BCUT2D eigenvalue weighted by Crippen LogP contribution is 2.09. The number of aliphatic hydroxyl groups excluding tert-OH is 2. The van der Waals surface area contributed by atoms with E-state index in [9.17, 15) is 14.4 Å². The third-order valence-corrected chi connectivity index (χ3v) is 4.84. The van der Waals surface area contributed by atoms with Gasteiger partial charge in [-0.25, -0.2) is 0 Å². The van der Waals surface area contributed by atoms with Crippen molar-refractivity contribution in [1.82, 2.24) is 0 Å². The number of carbonyl (C=O) groups excluding carboxylic acids is 1. The molecule has 0 aromatic carbocycles. The predicted octanol–water partition coefficient (Wildman–Crippen LogP) is 4.86. The molecule has 0 saturated heterocycles. The molecule has 0 fully saturated rings. The molecular formula is C25H46O8. The number of hydrogen-bond donors (Lipinski definition) is 4. The van der Waals surface area contributed by atoms with Crippen LogP contribution in [0.15, 0.2) is 12.2 Å². The minimum Gasteiger partial charge on any atom is -0.481 e. The first kappa shape index (κ1) is 33.2. The van der Waals surface area contributed by atoms with Crippen LogP contribution < -0.4 is 0 Å². The molecule has 33 heavy (non-hydrogen) atoms. The second-order valence-corrected chi connectivity index (χ2v) is 8.14. The summed E-state index contributed by atoms with van der Waals surface area (Å²) in [4.78, 5) is 31.0. The topological polar surface area (TPSA) is 141 Å². The summed E-state index contributed by atoms with van der Waals surface area (Å²) >= 11 is 0. The molecule has 0 aliphatic heterocycles. The van der Waals surface area contributed by atoms with E-state index < -0.39 is 30.6 Å². The minimum atomic E-state index is -1.10. The van der Waals surface area contributed by atoms with Gasteiger partial charge in [0.05, 0.1) is 19.4 Å². The van der Waals surface area contributed by atoms with Crippen LogP contribution in [-0.2, 0) is 19.1 Å². The van der Waals surface area contributed by atoms with Gasteiger partial charge in [0.2, 0.25) is 0 Å². The number of aliphatic hydroxyl groups is 2. The average molecular weight is 475 g/mol. The summed E-state index contributed by atoms with van der Waals surface area (Å²) in [7, 11) is 0. The van der Waals surface area contributed by atoms with Gasteiger partial charge in [0.1, 0.15) is 12.7 Å². The fourth-order valence-corrected chi connectivity index (χ4v) is 2.87. The van der Waals surface area contributed by atoms with E-state index in [1.165, 1.54) is 70.6 Å². The van der Waals surface area contributed by atoms with Gasteiger partial charge in [0, 0.05) is 6.42 Å². The Morgan fingerprint density at radius 1 is 0.727 bits per heavy atom. The molecular weight excluding hydrogens is 428 g/mol. The third kappa shape index (κ3) is 32.3. The van der Waals surface area contributed by atoms with Crippen molar-refractivity contribution >= 4 is 17.9 Å². The van der Waals surface area contributed by atoms with Crippen LogP contribution in [-0.4, -0.2) is 57.7 Å². The molecule has 0 heterocycles. The number of hydrogen-bond acceptors (Lipinski definition) is 6. The molecule has 0 saturated carbocycles.